The number of benzene rings is 1. The van der Waals surface area contributed by atoms with Crippen LogP contribution in [0.1, 0.15) is 31.9 Å². The first-order valence-electron chi connectivity index (χ1n) is 7.50. The minimum Gasteiger partial charge on any atom is -0.369 e. The number of amides is 1. The van der Waals surface area contributed by atoms with Crippen LogP contribution < -0.4 is 10.2 Å². The van der Waals surface area contributed by atoms with E-state index in [1.807, 2.05) is 24.9 Å². The molecule has 0 aromatic heterocycles. The molecule has 5 heteroatoms. The maximum absolute atomic E-state index is 14.2. The Morgan fingerprint density at radius 3 is 2.71 bits per heavy atom. The van der Waals surface area contributed by atoms with Crippen molar-refractivity contribution in [2.24, 2.45) is 0 Å². The Kier molecular flexibility index (Phi) is 5.17. The first kappa shape index (κ1) is 15.8. The first-order valence-corrected chi connectivity index (χ1v) is 7.50. The van der Waals surface area contributed by atoms with Gasteiger partial charge in [-0.15, -0.1) is 0 Å². The second kappa shape index (κ2) is 6.89. The molecule has 1 N–H and O–H groups in total. The number of carbonyl (C=O) groups is 1. The van der Waals surface area contributed by atoms with Gasteiger partial charge in [-0.05, 0) is 32.5 Å². The van der Waals surface area contributed by atoms with E-state index in [-0.39, 0.29) is 17.8 Å². The van der Waals surface area contributed by atoms with Gasteiger partial charge in [0.05, 0.1) is 0 Å². The smallest absolute Gasteiger partial charge is 0.219 e. The minimum absolute atomic E-state index is 0.0478. The number of halogens is 1. The van der Waals surface area contributed by atoms with Gasteiger partial charge in [0.15, 0.2) is 0 Å². The van der Waals surface area contributed by atoms with Gasteiger partial charge in [0.2, 0.25) is 5.91 Å². The molecule has 1 aliphatic heterocycles. The minimum atomic E-state index is -0.179. The third kappa shape index (κ3) is 3.53. The summed E-state index contributed by atoms with van der Waals surface area (Å²) in [5, 5.41) is 3.11. The van der Waals surface area contributed by atoms with Crippen molar-refractivity contribution in [3.8, 4) is 0 Å². The molecule has 0 spiro atoms. The van der Waals surface area contributed by atoms with E-state index in [1.54, 1.807) is 13.0 Å². The zero-order valence-corrected chi connectivity index (χ0v) is 13.0. The second-order valence-electron chi connectivity index (χ2n) is 5.53. The summed E-state index contributed by atoms with van der Waals surface area (Å²) in [5.41, 5.74) is 1.64. The Morgan fingerprint density at radius 2 is 2.05 bits per heavy atom. The molecule has 0 saturated carbocycles. The van der Waals surface area contributed by atoms with Crippen LogP contribution in [0.4, 0.5) is 10.1 Å². The Morgan fingerprint density at radius 1 is 1.29 bits per heavy atom. The van der Waals surface area contributed by atoms with Crippen LogP contribution in [0.15, 0.2) is 18.2 Å². The third-order valence-corrected chi connectivity index (χ3v) is 4.18. The molecule has 1 fully saturated rings. The van der Waals surface area contributed by atoms with Crippen molar-refractivity contribution in [2.45, 2.75) is 26.3 Å². The Bertz CT molecular complexity index is 506. The highest BCUT2D eigenvalue weighted by molar-refractivity contribution is 5.73. The van der Waals surface area contributed by atoms with Gasteiger partial charge in [0, 0.05) is 50.4 Å². The van der Waals surface area contributed by atoms with E-state index in [0.717, 1.165) is 31.7 Å². The predicted octanol–water partition coefficient (Wildman–Crippen LogP) is 2.16. The zero-order valence-electron chi connectivity index (χ0n) is 13.0. The Balaban J connectivity index is 2.25. The molecule has 4 nitrogen and oxygen atoms in total. The van der Waals surface area contributed by atoms with Gasteiger partial charge in [-0.1, -0.05) is 6.07 Å². The summed E-state index contributed by atoms with van der Waals surface area (Å²) in [6.45, 7) is 6.62. The number of hydrogen-bond donors (Lipinski definition) is 1. The molecule has 1 heterocycles. The lowest BCUT2D eigenvalue weighted by atomic mass is 10.0. The number of rotatable bonds is 3. The lowest BCUT2D eigenvalue weighted by molar-refractivity contribution is -0.128. The van der Waals surface area contributed by atoms with Gasteiger partial charge in [-0.25, -0.2) is 4.39 Å². The van der Waals surface area contributed by atoms with Crippen LogP contribution in [0.25, 0.3) is 0 Å². The topological polar surface area (TPSA) is 35.6 Å². The zero-order chi connectivity index (χ0) is 15.4. The molecule has 21 heavy (non-hydrogen) atoms. The molecule has 1 aliphatic rings. The summed E-state index contributed by atoms with van der Waals surface area (Å²) in [4.78, 5) is 15.6. The van der Waals surface area contributed by atoms with Crippen molar-refractivity contribution in [3.05, 3.63) is 29.6 Å². The van der Waals surface area contributed by atoms with Crippen molar-refractivity contribution < 1.29 is 9.18 Å². The summed E-state index contributed by atoms with van der Waals surface area (Å²) in [6.07, 6.45) is 0.906. The summed E-state index contributed by atoms with van der Waals surface area (Å²) < 4.78 is 14.2. The third-order valence-electron chi connectivity index (χ3n) is 4.18. The van der Waals surface area contributed by atoms with E-state index >= 15 is 0 Å². The predicted molar refractivity (Wildman–Crippen MR) is 83.0 cm³/mol. The van der Waals surface area contributed by atoms with E-state index in [2.05, 4.69) is 10.2 Å². The molecule has 1 saturated heterocycles. The monoisotopic (exact) mass is 293 g/mol. The Labute approximate surface area is 125 Å². The molecular weight excluding hydrogens is 269 g/mol. The SMILES string of the molecule is CNC(C)c1c(F)cccc1N1CCCN(C(C)=O)CC1. The van der Waals surface area contributed by atoms with Crippen molar-refractivity contribution in [3.63, 3.8) is 0 Å². The number of nitrogens with one attached hydrogen (secondary N) is 1. The van der Waals surface area contributed by atoms with Crippen molar-refractivity contribution in [1.29, 1.82) is 0 Å². The maximum atomic E-state index is 14.2. The van der Waals surface area contributed by atoms with Crippen LogP contribution in [0.2, 0.25) is 0 Å². The molecule has 0 radical (unpaired) electrons. The highest BCUT2D eigenvalue weighted by atomic mass is 19.1. The molecule has 1 unspecified atom stereocenters. The van der Waals surface area contributed by atoms with Crippen LogP contribution in [0.3, 0.4) is 0 Å². The van der Waals surface area contributed by atoms with Crippen molar-refractivity contribution >= 4 is 11.6 Å². The van der Waals surface area contributed by atoms with Gasteiger partial charge in [-0.2, -0.15) is 0 Å². The second-order valence-corrected chi connectivity index (χ2v) is 5.53. The number of carbonyl (C=O) groups excluding carboxylic acids is 1. The fourth-order valence-electron chi connectivity index (χ4n) is 2.85. The van der Waals surface area contributed by atoms with Crippen molar-refractivity contribution in [2.75, 3.05) is 38.1 Å². The van der Waals surface area contributed by atoms with E-state index in [0.29, 0.717) is 12.1 Å². The van der Waals surface area contributed by atoms with Gasteiger partial charge in [-0.3, -0.25) is 4.79 Å². The summed E-state index contributed by atoms with van der Waals surface area (Å²) in [5.74, 6) is -0.0677. The average molecular weight is 293 g/mol. The van der Waals surface area contributed by atoms with Crippen molar-refractivity contribution in [1.82, 2.24) is 10.2 Å². The molecule has 2 rings (SSSR count). The van der Waals surface area contributed by atoms with Crippen LogP contribution in [-0.4, -0.2) is 44.0 Å². The summed E-state index contributed by atoms with van der Waals surface area (Å²) in [6, 6.07) is 5.18. The fourth-order valence-corrected chi connectivity index (χ4v) is 2.85. The molecule has 1 aromatic rings. The van der Waals surface area contributed by atoms with Crippen LogP contribution in [0, 0.1) is 5.82 Å². The van der Waals surface area contributed by atoms with Crippen LogP contribution in [-0.2, 0) is 4.79 Å². The Hall–Kier alpha value is -1.62. The van der Waals surface area contributed by atoms with Gasteiger partial charge in [0.1, 0.15) is 5.82 Å². The number of hydrogen-bond acceptors (Lipinski definition) is 3. The van der Waals surface area contributed by atoms with E-state index < -0.39 is 0 Å². The van der Waals surface area contributed by atoms with Crippen LogP contribution in [0.5, 0.6) is 0 Å². The van der Waals surface area contributed by atoms with Gasteiger partial charge in [0.25, 0.3) is 0 Å². The maximum Gasteiger partial charge on any atom is 0.219 e. The largest absolute Gasteiger partial charge is 0.369 e. The summed E-state index contributed by atoms with van der Waals surface area (Å²) >= 11 is 0. The highest BCUT2D eigenvalue weighted by Crippen LogP contribution is 2.29. The lowest BCUT2D eigenvalue weighted by Crippen LogP contribution is -2.34. The molecule has 1 amide bonds. The average Bonchev–Trinajstić information content (AvgIpc) is 2.72. The van der Waals surface area contributed by atoms with E-state index in [4.69, 9.17) is 0 Å². The quantitative estimate of drug-likeness (QED) is 0.927. The molecule has 1 aromatic carbocycles. The highest BCUT2D eigenvalue weighted by Gasteiger charge is 2.22. The standard InChI is InChI=1S/C16H24FN3O/c1-12(18-3)16-14(17)6-4-7-15(16)20-9-5-8-19(10-11-20)13(2)21/h4,6-7,12,18H,5,8-11H2,1-3H3. The number of anilines is 1. The lowest BCUT2D eigenvalue weighted by Gasteiger charge is -2.28. The molecular formula is C16H24FN3O. The number of nitrogens with zero attached hydrogens (tertiary/aromatic N) is 2. The van der Waals surface area contributed by atoms with Gasteiger partial charge < -0.3 is 15.1 Å². The molecule has 0 aliphatic carbocycles. The fraction of sp³-hybridized carbons (Fsp3) is 0.562. The van der Waals surface area contributed by atoms with E-state index in [1.165, 1.54) is 6.07 Å². The normalized spacial score (nSPS) is 17.5. The van der Waals surface area contributed by atoms with E-state index in [9.17, 15) is 9.18 Å². The molecule has 1 atom stereocenters. The van der Waals surface area contributed by atoms with Crippen LogP contribution >= 0.6 is 0 Å². The molecule has 116 valence electrons. The first-order chi connectivity index (χ1) is 10.0. The van der Waals surface area contributed by atoms with Gasteiger partial charge >= 0.3 is 0 Å². The molecule has 0 bridgehead atoms. The summed E-state index contributed by atoms with van der Waals surface area (Å²) in [7, 11) is 1.83.